The predicted molar refractivity (Wildman–Crippen MR) is 83.7 cm³/mol. The van der Waals surface area contributed by atoms with Gasteiger partial charge in [-0.15, -0.1) is 0 Å². The zero-order valence-electron chi connectivity index (χ0n) is 12.6. The molecule has 0 aliphatic heterocycles. The normalized spacial score (nSPS) is 15.9. The van der Waals surface area contributed by atoms with Gasteiger partial charge in [0, 0.05) is 24.5 Å². The smallest absolute Gasteiger partial charge is 0.0871 e. The summed E-state index contributed by atoms with van der Waals surface area (Å²) in [6, 6.07) is 11.3. The van der Waals surface area contributed by atoms with Crippen molar-refractivity contribution in [3.05, 3.63) is 30.0 Å². The van der Waals surface area contributed by atoms with Gasteiger partial charge in [-0.2, -0.15) is 10.4 Å². The van der Waals surface area contributed by atoms with Crippen LogP contribution in [0.25, 0.3) is 10.9 Å². The predicted octanol–water partition coefficient (Wildman–Crippen LogP) is 3.32. The maximum absolute atomic E-state index is 9.12. The SMILES string of the molecule is CCn1nc(CN(CC#N)C2CCCC2)c2ccccc21. The second kappa shape index (κ2) is 6.28. The van der Waals surface area contributed by atoms with E-state index in [-0.39, 0.29) is 0 Å². The van der Waals surface area contributed by atoms with Crippen LogP contribution in [0.1, 0.15) is 38.3 Å². The quantitative estimate of drug-likeness (QED) is 0.790. The Bertz CT molecular complexity index is 646. The molecule has 4 nitrogen and oxygen atoms in total. The maximum atomic E-state index is 9.12. The van der Waals surface area contributed by atoms with Crippen LogP contribution in [-0.2, 0) is 13.1 Å². The third-order valence-electron chi connectivity index (χ3n) is 4.50. The molecule has 1 aliphatic carbocycles. The summed E-state index contributed by atoms with van der Waals surface area (Å²) in [5, 5.41) is 15.1. The summed E-state index contributed by atoms with van der Waals surface area (Å²) >= 11 is 0. The molecule has 0 bridgehead atoms. The first-order valence-corrected chi connectivity index (χ1v) is 7.89. The van der Waals surface area contributed by atoms with Crippen molar-refractivity contribution in [3.63, 3.8) is 0 Å². The number of rotatable bonds is 5. The number of nitriles is 1. The molecule has 0 N–H and O–H groups in total. The highest BCUT2D eigenvalue weighted by molar-refractivity contribution is 5.81. The number of benzene rings is 1. The van der Waals surface area contributed by atoms with Crippen LogP contribution in [-0.4, -0.2) is 27.3 Å². The van der Waals surface area contributed by atoms with E-state index in [1.807, 2.05) is 0 Å². The Morgan fingerprint density at radius 2 is 2.10 bits per heavy atom. The van der Waals surface area contributed by atoms with Crippen molar-refractivity contribution < 1.29 is 0 Å². The van der Waals surface area contributed by atoms with E-state index in [1.54, 1.807) is 0 Å². The molecule has 0 atom stereocenters. The summed E-state index contributed by atoms with van der Waals surface area (Å²) in [6.07, 6.45) is 5.01. The minimum absolute atomic E-state index is 0.498. The van der Waals surface area contributed by atoms with Crippen LogP contribution in [0.15, 0.2) is 24.3 Å². The lowest BCUT2D eigenvalue weighted by Crippen LogP contribution is -2.33. The third-order valence-corrected chi connectivity index (χ3v) is 4.50. The van der Waals surface area contributed by atoms with E-state index in [9.17, 15) is 0 Å². The monoisotopic (exact) mass is 282 g/mol. The highest BCUT2D eigenvalue weighted by atomic mass is 15.3. The van der Waals surface area contributed by atoms with Gasteiger partial charge in [0.15, 0.2) is 0 Å². The fourth-order valence-electron chi connectivity index (χ4n) is 3.42. The number of hydrogen-bond donors (Lipinski definition) is 0. The lowest BCUT2D eigenvalue weighted by Gasteiger charge is -2.25. The molecule has 1 aromatic heterocycles. The van der Waals surface area contributed by atoms with Crippen molar-refractivity contribution >= 4 is 10.9 Å². The van der Waals surface area contributed by atoms with Gasteiger partial charge in [-0.25, -0.2) is 0 Å². The molecular weight excluding hydrogens is 260 g/mol. The van der Waals surface area contributed by atoms with Gasteiger partial charge in [-0.3, -0.25) is 9.58 Å². The number of fused-ring (bicyclic) bond motifs is 1. The van der Waals surface area contributed by atoms with E-state index in [0.717, 1.165) is 18.8 Å². The molecule has 1 fully saturated rings. The van der Waals surface area contributed by atoms with Gasteiger partial charge in [-0.05, 0) is 25.8 Å². The first-order chi connectivity index (χ1) is 10.3. The fraction of sp³-hybridized carbons (Fsp3) is 0.529. The summed E-state index contributed by atoms with van der Waals surface area (Å²) in [6.45, 7) is 4.28. The van der Waals surface area contributed by atoms with E-state index >= 15 is 0 Å². The molecule has 110 valence electrons. The summed E-state index contributed by atoms with van der Waals surface area (Å²) < 4.78 is 2.06. The Labute approximate surface area is 126 Å². The number of hydrogen-bond acceptors (Lipinski definition) is 3. The molecular formula is C17H22N4. The summed E-state index contributed by atoms with van der Waals surface area (Å²) in [5.74, 6) is 0. The Kier molecular flexibility index (Phi) is 4.21. The molecule has 2 aromatic rings. The molecule has 1 aromatic carbocycles. The molecule has 3 rings (SSSR count). The third kappa shape index (κ3) is 2.79. The number of para-hydroxylation sites is 1. The zero-order valence-corrected chi connectivity index (χ0v) is 12.6. The lowest BCUT2D eigenvalue weighted by atomic mass is 10.1. The minimum Gasteiger partial charge on any atom is -0.282 e. The minimum atomic E-state index is 0.498. The maximum Gasteiger partial charge on any atom is 0.0871 e. The van der Waals surface area contributed by atoms with Crippen LogP contribution in [0.3, 0.4) is 0 Å². The summed E-state index contributed by atoms with van der Waals surface area (Å²) in [7, 11) is 0. The van der Waals surface area contributed by atoms with E-state index < -0.39 is 0 Å². The highest BCUT2D eigenvalue weighted by Gasteiger charge is 2.24. The van der Waals surface area contributed by atoms with Crippen LogP contribution < -0.4 is 0 Å². The van der Waals surface area contributed by atoms with Gasteiger partial charge in [0.1, 0.15) is 0 Å². The standard InChI is InChI=1S/C17H22N4/c1-2-21-17-10-6-5-9-15(17)16(19-21)13-20(12-11-18)14-7-3-4-8-14/h5-6,9-10,14H,2-4,7-8,12-13H2,1H3. The fourth-order valence-corrected chi connectivity index (χ4v) is 3.42. The van der Waals surface area contributed by atoms with Gasteiger partial charge >= 0.3 is 0 Å². The molecule has 0 unspecified atom stereocenters. The molecule has 1 saturated carbocycles. The Hall–Kier alpha value is -1.86. The molecule has 1 aliphatic rings. The number of aryl methyl sites for hydroxylation is 1. The molecule has 0 radical (unpaired) electrons. The highest BCUT2D eigenvalue weighted by Crippen LogP contribution is 2.26. The van der Waals surface area contributed by atoms with Gasteiger partial charge in [-0.1, -0.05) is 31.0 Å². The van der Waals surface area contributed by atoms with E-state index in [4.69, 9.17) is 10.4 Å². The van der Waals surface area contributed by atoms with Crippen LogP contribution in [0, 0.1) is 11.3 Å². The van der Waals surface area contributed by atoms with E-state index in [0.29, 0.717) is 12.6 Å². The van der Waals surface area contributed by atoms with Gasteiger partial charge in [0.25, 0.3) is 0 Å². The average Bonchev–Trinajstić information content (AvgIpc) is 3.15. The Morgan fingerprint density at radius 1 is 1.33 bits per heavy atom. The van der Waals surface area contributed by atoms with E-state index in [2.05, 4.69) is 46.8 Å². The number of nitrogens with zero attached hydrogens (tertiary/aromatic N) is 4. The molecule has 0 spiro atoms. The Balaban J connectivity index is 1.90. The summed E-state index contributed by atoms with van der Waals surface area (Å²) in [5.41, 5.74) is 2.30. The van der Waals surface area contributed by atoms with Crippen molar-refractivity contribution in [2.45, 2.75) is 51.7 Å². The largest absolute Gasteiger partial charge is 0.282 e. The van der Waals surface area contributed by atoms with Crippen molar-refractivity contribution in [1.82, 2.24) is 14.7 Å². The van der Waals surface area contributed by atoms with Crippen LogP contribution in [0.4, 0.5) is 0 Å². The molecule has 4 heteroatoms. The second-order valence-electron chi connectivity index (χ2n) is 5.78. The zero-order chi connectivity index (χ0) is 14.7. The Morgan fingerprint density at radius 3 is 2.81 bits per heavy atom. The average molecular weight is 282 g/mol. The number of aromatic nitrogens is 2. The van der Waals surface area contributed by atoms with Crippen molar-refractivity contribution in [2.24, 2.45) is 0 Å². The molecule has 0 amide bonds. The second-order valence-corrected chi connectivity index (χ2v) is 5.78. The van der Waals surface area contributed by atoms with Crippen molar-refractivity contribution in [1.29, 1.82) is 5.26 Å². The lowest BCUT2D eigenvalue weighted by molar-refractivity contribution is 0.212. The summed E-state index contributed by atoms with van der Waals surface area (Å²) in [4.78, 5) is 2.31. The van der Waals surface area contributed by atoms with Crippen LogP contribution >= 0.6 is 0 Å². The molecule has 21 heavy (non-hydrogen) atoms. The molecule has 0 saturated heterocycles. The van der Waals surface area contributed by atoms with Crippen molar-refractivity contribution in [2.75, 3.05) is 6.54 Å². The van der Waals surface area contributed by atoms with Gasteiger partial charge in [0.2, 0.25) is 0 Å². The topological polar surface area (TPSA) is 44.9 Å². The van der Waals surface area contributed by atoms with Crippen LogP contribution in [0.2, 0.25) is 0 Å². The van der Waals surface area contributed by atoms with E-state index in [1.165, 1.54) is 36.6 Å². The van der Waals surface area contributed by atoms with Gasteiger partial charge in [0.05, 0.1) is 23.8 Å². The van der Waals surface area contributed by atoms with Crippen LogP contribution in [0.5, 0.6) is 0 Å². The molecule has 1 heterocycles. The first kappa shape index (κ1) is 14.1. The van der Waals surface area contributed by atoms with Gasteiger partial charge < -0.3 is 0 Å². The van der Waals surface area contributed by atoms with Crippen molar-refractivity contribution in [3.8, 4) is 6.07 Å². The first-order valence-electron chi connectivity index (χ1n) is 7.89.